The van der Waals surface area contributed by atoms with E-state index >= 15 is 0 Å². The number of carboxylic acids is 1. The molecule has 2 heterocycles. The van der Waals surface area contributed by atoms with Gasteiger partial charge in [-0.1, -0.05) is 0 Å². The van der Waals surface area contributed by atoms with Crippen LogP contribution in [0, 0.1) is 5.41 Å². The van der Waals surface area contributed by atoms with E-state index in [4.69, 9.17) is 4.74 Å². The van der Waals surface area contributed by atoms with E-state index in [1.807, 2.05) is 0 Å². The molecule has 1 fully saturated rings. The third-order valence-corrected chi connectivity index (χ3v) is 4.80. The van der Waals surface area contributed by atoms with Crippen LogP contribution in [-0.4, -0.2) is 48.7 Å². The van der Waals surface area contributed by atoms with Gasteiger partial charge in [0.1, 0.15) is 16.8 Å². The van der Waals surface area contributed by atoms with Crippen molar-refractivity contribution in [2.24, 2.45) is 14.1 Å². The molecule has 0 aliphatic carbocycles. The summed E-state index contributed by atoms with van der Waals surface area (Å²) in [6.07, 6.45) is 1.15. The Balaban J connectivity index is 1.82. The molecule has 2 aliphatic heterocycles. The lowest BCUT2D eigenvalue weighted by Gasteiger charge is -2.39. The molecule has 0 bridgehead atoms. The Labute approximate surface area is 137 Å². The van der Waals surface area contributed by atoms with Crippen LogP contribution < -0.4 is 0 Å². The number of nitrogens with zero attached hydrogens (tertiary/aromatic N) is 3. The van der Waals surface area contributed by atoms with Crippen molar-refractivity contribution in [2.45, 2.75) is 12.8 Å². The third-order valence-electron chi connectivity index (χ3n) is 4.24. The summed E-state index contributed by atoms with van der Waals surface area (Å²) in [5.41, 5.74) is 0.905. The van der Waals surface area contributed by atoms with Crippen LogP contribution in [0.3, 0.4) is 0 Å². The van der Waals surface area contributed by atoms with Gasteiger partial charge in [-0.25, -0.2) is 0 Å². The van der Waals surface area contributed by atoms with Crippen LogP contribution in [0.2, 0.25) is 0 Å². The summed E-state index contributed by atoms with van der Waals surface area (Å²) in [6, 6.07) is 5.17. The van der Waals surface area contributed by atoms with Crippen LogP contribution in [0.25, 0.3) is 0 Å². The molecular formula is C15H17N3O4S. The zero-order valence-corrected chi connectivity index (χ0v) is 13.5. The maximum atomic E-state index is 12.7. The van der Waals surface area contributed by atoms with Crippen LogP contribution in [0.5, 0.6) is 0 Å². The van der Waals surface area contributed by atoms with E-state index in [9.17, 15) is 14.7 Å². The molecule has 1 saturated heterocycles. The molecule has 3 rings (SSSR count). The Morgan fingerprint density at radius 1 is 1.39 bits per heavy atom. The first kappa shape index (κ1) is 15.8. The Morgan fingerprint density at radius 3 is 2.91 bits per heavy atom. The third kappa shape index (κ3) is 2.91. The molecule has 0 saturated carbocycles. The number of methoxy groups -OCH3 is 1. The number of fused-ring (bicyclic) bond motifs is 1. The standard InChI is InChI=1S/C15H17N3O4S/c1-22-9-15(14(20)21)5-2-6-18(8-15)13(19)10-3-4-11-12(7-10)17-23-16-11/h3-4,7H,2,5-6,8-9H2,1H3,(H,20,21). The molecule has 1 unspecified atom stereocenters. The molecule has 23 heavy (non-hydrogen) atoms. The van der Waals surface area contributed by atoms with Gasteiger partial charge in [-0.2, -0.15) is 8.73 Å². The number of hydrogen-bond donors (Lipinski definition) is 1. The van der Waals surface area contributed by atoms with E-state index in [2.05, 4.69) is 8.73 Å². The first-order valence-electron chi connectivity index (χ1n) is 7.30. The number of ether oxygens (including phenoxy) is 1. The van der Waals surface area contributed by atoms with Crippen molar-refractivity contribution in [3.63, 3.8) is 0 Å². The minimum Gasteiger partial charge on any atom is -0.481 e. The SMILES string of the molecule is COCC1(C(=O)O)CCCN(C(=O)c2ccc3c(c2)N=S=N3)C1. The minimum atomic E-state index is -1.03. The number of hydrogen-bond acceptors (Lipinski definition) is 5. The summed E-state index contributed by atoms with van der Waals surface area (Å²) in [4.78, 5) is 26.0. The fraction of sp³-hybridized carbons (Fsp3) is 0.467. The van der Waals surface area contributed by atoms with Gasteiger partial charge in [-0.3, -0.25) is 9.59 Å². The highest BCUT2D eigenvalue weighted by molar-refractivity contribution is 7.58. The number of rotatable bonds is 4. The Morgan fingerprint density at radius 2 is 2.17 bits per heavy atom. The first-order chi connectivity index (χ1) is 11.1. The monoisotopic (exact) mass is 335 g/mol. The predicted octanol–water partition coefficient (Wildman–Crippen LogP) is 2.37. The number of carbonyl (C=O) groups is 2. The van der Waals surface area contributed by atoms with Crippen molar-refractivity contribution < 1.29 is 19.4 Å². The largest absolute Gasteiger partial charge is 0.481 e. The molecule has 1 N–H and O–H groups in total. The van der Waals surface area contributed by atoms with Gasteiger partial charge in [0.05, 0.1) is 18.0 Å². The minimum absolute atomic E-state index is 0.0984. The van der Waals surface area contributed by atoms with Crippen LogP contribution in [0.4, 0.5) is 11.4 Å². The van der Waals surface area contributed by atoms with Crippen molar-refractivity contribution in [3.8, 4) is 0 Å². The van der Waals surface area contributed by atoms with Gasteiger partial charge in [-0.15, -0.1) is 0 Å². The predicted molar refractivity (Wildman–Crippen MR) is 85.1 cm³/mol. The van der Waals surface area contributed by atoms with E-state index in [0.29, 0.717) is 30.6 Å². The van der Waals surface area contributed by atoms with E-state index in [0.717, 1.165) is 17.0 Å². The van der Waals surface area contributed by atoms with Crippen molar-refractivity contribution in [1.82, 2.24) is 4.90 Å². The van der Waals surface area contributed by atoms with E-state index < -0.39 is 11.4 Å². The van der Waals surface area contributed by atoms with E-state index in [1.54, 1.807) is 23.1 Å². The van der Waals surface area contributed by atoms with Crippen molar-refractivity contribution in [1.29, 1.82) is 0 Å². The molecule has 0 aromatic heterocycles. The van der Waals surface area contributed by atoms with Crippen LogP contribution in [0.1, 0.15) is 23.2 Å². The molecule has 7 nitrogen and oxygen atoms in total. The van der Waals surface area contributed by atoms with Gasteiger partial charge in [0.15, 0.2) is 0 Å². The Hall–Kier alpha value is -2.06. The number of likely N-dealkylation sites (tertiary alicyclic amines) is 1. The normalized spacial score (nSPS) is 22.6. The smallest absolute Gasteiger partial charge is 0.313 e. The average molecular weight is 335 g/mol. The maximum Gasteiger partial charge on any atom is 0.313 e. The summed E-state index contributed by atoms with van der Waals surface area (Å²) in [7, 11) is 1.48. The fourth-order valence-electron chi connectivity index (χ4n) is 3.03. The highest BCUT2D eigenvalue weighted by atomic mass is 32.1. The molecule has 1 amide bonds. The lowest BCUT2D eigenvalue weighted by atomic mass is 9.80. The summed E-state index contributed by atoms with van der Waals surface area (Å²) in [5, 5.41) is 9.57. The topological polar surface area (TPSA) is 91.6 Å². The summed E-state index contributed by atoms with van der Waals surface area (Å²) >= 11 is 1.10. The second-order valence-corrected chi connectivity index (χ2v) is 6.34. The molecule has 122 valence electrons. The van der Waals surface area contributed by atoms with Crippen molar-refractivity contribution >= 4 is 34.6 Å². The number of aliphatic carboxylic acids is 1. The quantitative estimate of drug-likeness (QED) is 0.928. The zero-order valence-electron chi connectivity index (χ0n) is 12.7. The Bertz CT molecular complexity index is 725. The number of carboxylic acid groups (broad SMARTS) is 1. The van der Waals surface area contributed by atoms with Crippen LogP contribution >= 0.6 is 0 Å². The summed E-state index contributed by atoms with van der Waals surface area (Å²) < 4.78 is 13.3. The van der Waals surface area contributed by atoms with Gasteiger partial charge in [0, 0.05) is 25.8 Å². The molecule has 0 spiro atoms. The number of carbonyl (C=O) groups excluding carboxylic acids is 1. The number of benzene rings is 1. The molecule has 2 aliphatic rings. The van der Waals surface area contributed by atoms with Crippen molar-refractivity contribution in [3.05, 3.63) is 23.8 Å². The lowest BCUT2D eigenvalue weighted by Crippen LogP contribution is -2.52. The second-order valence-electron chi connectivity index (χ2n) is 5.82. The molecule has 8 heteroatoms. The highest BCUT2D eigenvalue weighted by Crippen LogP contribution is 2.34. The van der Waals surface area contributed by atoms with Crippen molar-refractivity contribution in [2.75, 3.05) is 26.8 Å². The van der Waals surface area contributed by atoms with Gasteiger partial charge in [0.2, 0.25) is 0 Å². The van der Waals surface area contributed by atoms with Gasteiger partial charge >= 0.3 is 5.97 Å². The molecule has 0 radical (unpaired) electrons. The second kappa shape index (κ2) is 6.21. The lowest BCUT2D eigenvalue weighted by molar-refractivity contribution is -0.155. The number of piperidine rings is 1. The van der Waals surface area contributed by atoms with Gasteiger partial charge < -0.3 is 14.7 Å². The summed E-state index contributed by atoms with van der Waals surface area (Å²) in [6.45, 7) is 0.800. The highest BCUT2D eigenvalue weighted by Gasteiger charge is 2.44. The number of amides is 1. The average Bonchev–Trinajstić information content (AvgIpc) is 3.02. The van der Waals surface area contributed by atoms with E-state index in [1.165, 1.54) is 7.11 Å². The molecule has 1 aromatic carbocycles. The van der Waals surface area contributed by atoms with Gasteiger partial charge in [-0.05, 0) is 31.0 Å². The van der Waals surface area contributed by atoms with E-state index in [-0.39, 0.29) is 19.1 Å². The summed E-state index contributed by atoms with van der Waals surface area (Å²) in [5.74, 6) is -1.10. The zero-order chi connectivity index (χ0) is 16.4. The van der Waals surface area contributed by atoms with Crippen LogP contribution in [0.15, 0.2) is 26.9 Å². The maximum absolute atomic E-state index is 12.7. The molecule has 1 aromatic rings. The molecular weight excluding hydrogens is 318 g/mol. The molecule has 1 atom stereocenters. The fourth-order valence-corrected chi connectivity index (χ4v) is 3.55. The van der Waals surface area contributed by atoms with Gasteiger partial charge in [0.25, 0.3) is 5.91 Å². The first-order valence-corrected chi connectivity index (χ1v) is 8.03. The van der Waals surface area contributed by atoms with Crippen LogP contribution in [-0.2, 0) is 20.9 Å². The Kier molecular flexibility index (Phi) is 4.27.